The van der Waals surface area contributed by atoms with Crippen LogP contribution in [-0.4, -0.2) is 28.4 Å². The summed E-state index contributed by atoms with van der Waals surface area (Å²) in [5.41, 5.74) is 2.09. The largest absolute Gasteiger partial charge is 0.381 e. The van der Waals surface area contributed by atoms with Crippen LogP contribution in [-0.2, 0) is 10.6 Å². The summed E-state index contributed by atoms with van der Waals surface area (Å²) in [5.74, 6) is 0.884. The molecule has 6 heteroatoms. The first-order valence-electron chi connectivity index (χ1n) is 5.79. The Morgan fingerprint density at radius 2 is 2.33 bits per heavy atom. The lowest BCUT2D eigenvalue weighted by molar-refractivity contribution is 0.194. The Morgan fingerprint density at radius 1 is 1.39 bits per heavy atom. The average Bonchev–Trinajstić information content (AvgIpc) is 3.10. The van der Waals surface area contributed by atoms with E-state index in [9.17, 15) is 0 Å². The maximum absolute atomic E-state index is 5.71. The van der Waals surface area contributed by atoms with E-state index in [4.69, 9.17) is 16.3 Å². The van der Waals surface area contributed by atoms with Crippen molar-refractivity contribution in [2.24, 2.45) is 0 Å². The molecule has 0 radical (unpaired) electrons. The van der Waals surface area contributed by atoms with E-state index in [1.807, 2.05) is 12.3 Å². The lowest BCUT2D eigenvalue weighted by Gasteiger charge is -2.06. The molecule has 3 heterocycles. The first kappa shape index (κ1) is 12.0. The Morgan fingerprint density at radius 3 is 2.94 bits per heavy atom. The molecule has 94 valence electrons. The molecular weight excluding hydrogens is 270 g/mol. The van der Waals surface area contributed by atoms with Crippen LogP contribution in [0.5, 0.6) is 0 Å². The van der Waals surface area contributed by atoms with E-state index in [-0.39, 0.29) is 0 Å². The van der Waals surface area contributed by atoms with Crippen LogP contribution < -0.4 is 0 Å². The van der Waals surface area contributed by atoms with Crippen LogP contribution in [0.25, 0.3) is 10.7 Å². The molecule has 0 bridgehead atoms. The molecule has 1 fully saturated rings. The first-order chi connectivity index (χ1) is 8.86. The molecule has 2 aromatic heterocycles. The summed E-state index contributed by atoms with van der Waals surface area (Å²) in [7, 11) is 0. The number of rotatable bonds is 3. The molecule has 0 aliphatic carbocycles. The Labute approximate surface area is 114 Å². The van der Waals surface area contributed by atoms with Crippen molar-refractivity contribution in [1.29, 1.82) is 0 Å². The number of pyridine rings is 1. The highest BCUT2D eigenvalue weighted by Gasteiger charge is 2.18. The van der Waals surface area contributed by atoms with Crippen LogP contribution in [0.2, 0.25) is 0 Å². The minimum Gasteiger partial charge on any atom is -0.381 e. The van der Waals surface area contributed by atoms with Crippen LogP contribution in [0.3, 0.4) is 0 Å². The molecule has 0 N–H and O–H groups in total. The quantitative estimate of drug-likeness (QED) is 0.812. The fraction of sp³-hybridized carbons (Fsp3) is 0.417. The van der Waals surface area contributed by atoms with E-state index in [0.29, 0.717) is 11.8 Å². The van der Waals surface area contributed by atoms with Gasteiger partial charge in [0.15, 0.2) is 5.01 Å². The van der Waals surface area contributed by atoms with E-state index in [1.54, 1.807) is 0 Å². The van der Waals surface area contributed by atoms with Crippen LogP contribution in [0.4, 0.5) is 0 Å². The van der Waals surface area contributed by atoms with Crippen molar-refractivity contribution in [3.8, 4) is 10.7 Å². The summed E-state index contributed by atoms with van der Waals surface area (Å²) in [5, 5.41) is 9.71. The second-order valence-corrected chi connectivity index (χ2v) is 5.50. The normalized spacial score (nSPS) is 19.3. The van der Waals surface area contributed by atoms with Gasteiger partial charge in [0.1, 0.15) is 10.7 Å². The molecule has 1 aliphatic rings. The maximum Gasteiger partial charge on any atom is 0.166 e. The van der Waals surface area contributed by atoms with Crippen molar-refractivity contribution >= 4 is 22.9 Å². The topological polar surface area (TPSA) is 47.9 Å². The van der Waals surface area contributed by atoms with Gasteiger partial charge in [-0.1, -0.05) is 17.4 Å². The van der Waals surface area contributed by atoms with Crippen LogP contribution >= 0.6 is 22.9 Å². The lowest BCUT2D eigenvalue weighted by atomic mass is 10.0. The third-order valence-corrected chi connectivity index (χ3v) is 4.35. The number of hydrogen-bond donors (Lipinski definition) is 0. The SMILES string of the molecule is ClCc1nnc(-c2ccc(C3CCOC3)cn2)s1. The Kier molecular flexibility index (Phi) is 3.54. The van der Waals surface area contributed by atoms with E-state index in [1.165, 1.54) is 16.9 Å². The number of ether oxygens (including phenoxy) is 1. The molecule has 2 aromatic rings. The summed E-state index contributed by atoms with van der Waals surface area (Å²) >= 11 is 7.20. The van der Waals surface area contributed by atoms with E-state index in [0.717, 1.165) is 35.3 Å². The third kappa shape index (κ3) is 2.39. The molecular formula is C12H12ClN3OS. The number of alkyl halides is 1. The van der Waals surface area contributed by atoms with Gasteiger partial charge in [0.2, 0.25) is 0 Å². The Bertz CT molecular complexity index is 522. The highest BCUT2D eigenvalue weighted by molar-refractivity contribution is 7.14. The van der Waals surface area contributed by atoms with Crippen molar-refractivity contribution in [2.45, 2.75) is 18.2 Å². The van der Waals surface area contributed by atoms with Crippen molar-refractivity contribution in [3.05, 3.63) is 28.9 Å². The third-order valence-electron chi connectivity index (χ3n) is 2.99. The van der Waals surface area contributed by atoms with E-state index < -0.39 is 0 Å². The smallest absolute Gasteiger partial charge is 0.166 e. The predicted molar refractivity (Wildman–Crippen MR) is 70.9 cm³/mol. The van der Waals surface area contributed by atoms with Gasteiger partial charge >= 0.3 is 0 Å². The molecule has 1 saturated heterocycles. The Hall–Kier alpha value is -1.04. The first-order valence-corrected chi connectivity index (χ1v) is 7.14. The summed E-state index contributed by atoms with van der Waals surface area (Å²) in [4.78, 5) is 4.45. The maximum atomic E-state index is 5.71. The van der Waals surface area contributed by atoms with Crippen LogP contribution in [0, 0.1) is 0 Å². The zero-order valence-corrected chi connectivity index (χ0v) is 11.2. The van der Waals surface area contributed by atoms with E-state index in [2.05, 4.69) is 21.2 Å². The van der Waals surface area contributed by atoms with Crippen molar-refractivity contribution in [3.63, 3.8) is 0 Å². The van der Waals surface area contributed by atoms with Crippen molar-refractivity contribution in [1.82, 2.24) is 15.2 Å². The molecule has 4 nitrogen and oxygen atoms in total. The lowest BCUT2D eigenvalue weighted by Crippen LogP contribution is -1.98. The zero-order valence-electron chi connectivity index (χ0n) is 9.67. The molecule has 0 saturated carbocycles. The minimum atomic E-state index is 0.398. The number of aromatic nitrogens is 3. The fourth-order valence-corrected chi connectivity index (χ4v) is 2.87. The highest BCUT2D eigenvalue weighted by Crippen LogP contribution is 2.27. The van der Waals surface area contributed by atoms with Crippen LogP contribution in [0.1, 0.15) is 22.9 Å². The standard InChI is InChI=1S/C12H12ClN3OS/c13-5-11-15-16-12(18-11)10-2-1-8(6-14-10)9-3-4-17-7-9/h1-2,6,9H,3-5,7H2. The van der Waals surface area contributed by atoms with Gasteiger partial charge in [0.05, 0.1) is 12.5 Å². The average molecular weight is 282 g/mol. The van der Waals surface area contributed by atoms with Gasteiger partial charge in [0.25, 0.3) is 0 Å². The number of nitrogens with zero attached hydrogens (tertiary/aromatic N) is 3. The second kappa shape index (κ2) is 5.30. The molecule has 0 amide bonds. The second-order valence-electron chi connectivity index (χ2n) is 4.17. The zero-order chi connectivity index (χ0) is 12.4. The molecule has 3 rings (SSSR count). The van der Waals surface area contributed by atoms with Gasteiger partial charge in [-0.25, -0.2) is 0 Å². The monoisotopic (exact) mass is 281 g/mol. The molecule has 1 aliphatic heterocycles. The van der Waals surface area contributed by atoms with Gasteiger partial charge in [-0.05, 0) is 18.1 Å². The van der Waals surface area contributed by atoms with Gasteiger partial charge in [-0.15, -0.1) is 21.8 Å². The number of hydrogen-bond acceptors (Lipinski definition) is 5. The van der Waals surface area contributed by atoms with Crippen molar-refractivity contribution in [2.75, 3.05) is 13.2 Å². The van der Waals surface area contributed by atoms with Crippen LogP contribution in [0.15, 0.2) is 18.3 Å². The summed E-state index contributed by atoms with van der Waals surface area (Å²) in [6.45, 7) is 1.65. The Balaban J connectivity index is 1.81. The van der Waals surface area contributed by atoms with Crippen molar-refractivity contribution < 1.29 is 4.74 Å². The number of halogens is 1. The molecule has 0 spiro atoms. The van der Waals surface area contributed by atoms with Gasteiger partial charge in [-0.2, -0.15) is 0 Å². The molecule has 18 heavy (non-hydrogen) atoms. The minimum absolute atomic E-state index is 0.398. The highest BCUT2D eigenvalue weighted by atomic mass is 35.5. The summed E-state index contributed by atoms with van der Waals surface area (Å²) in [6, 6.07) is 4.09. The summed E-state index contributed by atoms with van der Waals surface area (Å²) < 4.78 is 5.38. The fourth-order valence-electron chi connectivity index (χ4n) is 1.98. The van der Waals surface area contributed by atoms with Gasteiger partial charge in [-0.3, -0.25) is 4.98 Å². The van der Waals surface area contributed by atoms with E-state index >= 15 is 0 Å². The van der Waals surface area contributed by atoms with Gasteiger partial charge in [0, 0.05) is 18.7 Å². The van der Waals surface area contributed by atoms with Gasteiger partial charge < -0.3 is 4.74 Å². The molecule has 0 aromatic carbocycles. The summed E-state index contributed by atoms with van der Waals surface area (Å²) in [6.07, 6.45) is 2.99. The molecule has 1 atom stereocenters. The molecule has 1 unspecified atom stereocenters. The predicted octanol–water partition coefficient (Wildman–Crippen LogP) is 2.84.